The van der Waals surface area contributed by atoms with E-state index in [0.717, 1.165) is 6.42 Å². The predicted octanol–water partition coefficient (Wildman–Crippen LogP) is 2.57. The van der Waals surface area contributed by atoms with Gasteiger partial charge in [-0.3, -0.25) is 0 Å². The molecule has 1 heterocycles. The minimum Gasteiger partial charge on any atom is -0.391 e. The van der Waals surface area contributed by atoms with Crippen molar-refractivity contribution in [3.63, 3.8) is 0 Å². The van der Waals surface area contributed by atoms with Gasteiger partial charge in [-0.05, 0) is 13.3 Å². The Hall–Kier alpha value is 0.137. The van der Waals surface area contributed by atoms with Gasteiger partial charge >= 0.3 is 0 Å². The van der Waals surface area contributed by atoms with Gasteiger partial charge in [0.15, 0.2) is 0 Å². The Labute approximate surface area is 88.7 Å². The standard InChI is InChI=1S/C11H24O2Si/c1-6-7-8-10-11(13-10,9(2)12)14(3,4)5/h9-10,12H,6-8H2,1-5H3/t9-,10-,11+/m0/s1. The van der Waals surface area contributed by atoms with E-state index in [1.54, 1.807) is 0 Å². The second-order valence-corrected chi connectivity index (χ2v) is 10.7. The van der Waals surface area contributed by atoms with Crippen LogP contribution in [0, 0.1) is 0 Å². The monoisotopic (exact) mass is 216 g/mol. The molecule has 14 heavy (non-hydrogen) atoms. The molecule has 1 fully saturated rings. The average molecular weight is 216 g/mol. The van der Waals surface area contributed by atoms with Crippen LogP contribution < -0.4 is 0 Å². The molecule has 3 heteroatoms. The Morgan fingerprint density at radius 1 is 1.43 bits per heavy atom. The second kappa shape index (κ2) is 3.95. The van der Waals surface area contributed by atoms with Gasteiger partial charge in [-0.2, -0.15) is 0 Å². The van der Waals surface area contributed by atoms with E-state index in [0.29, 0.717) is 6.10 Å². The van der Waals surface area contributed by atoms with Crippen molar-refractivity contribution < 1.29 is 9.84 Å². The molecule has 1 aliphatic heterocycles. The molecule has 0 aromatic carbocycles. The Bertz CT molecular complexity index is 198. The van der Waals surface area contributed by atoms with Crippen molar-refractivity contribution in [1.82, 2.24) is 0 Å². The van der Waals surface area contributed by atoms with E-state index in [1.807, 2.05) is 6.92 Å². The summed E-state index contributed by atoms with van der Waals surface area (Å²) < 4.78 is 5.84. The summed E-state index contributed by atoms with van der Waals surface area (Å²) in [5.74, 6) is 0. The second-order valence-electron chi connectivity index (χ2n) is 5.47. The average Bonchev–Trinajstić information content (AvgIpc) is 2.74. The van der Waals surface area contributed by atoms with E-state index < -0.39 is 8.07 Å². The SMILES string of the molecule is CCCC[C@@H]1O[C@]1([C@H](C)O)[Si](C)(C)C. The zero-order valence-electron chi connectivity index (χ0n) is 10.1. The Kier molecular flexibility index (Phi) is 3.44. The summed E-state index contributed by atoms with van der Waals surface area (Å²) in [5.41, 5.74) is 0. The zero-order chi connectivity index (χ0) is 11.0. The molecule has 0 aliphatic carbocycles. The van der Waals surface area contributed by atoms with Crippen molar-refractivity contribution in [3.05, 3.63) is 0 Å². The van der Waals surface area contributed by atoms with Crippen LogP contribution in [-0.4, -0.2) is 30.6 Å². The number of epoxide rings is 1. The molecule has 0 amide bonds. The van der Waals surface area contributed by atoms with Gasteiger partial charge in [0.05, 0.1) is 20.3 Å². The number of aliphatic hydroxyl groups is 1. The molecule has 0 saturated carbocycles. The van der Waals surface area contributed by atoms with Gasteiger partial charge in [-0.15, -0.1) is 0 Å². The van der Waals surface area contributed by atoms with E-state index in [1.165, 1.54) is 12.8 Å². The lowest BCUT2D eigenvalue weighted by atomic mass is 10.1. The number of ether oxygens (including phenoxy) is 1. The van der Waals surface area contributed by atoms with Gasteiger partial charge in [0.25, 0.3) is 0 Å². The Balaban J connectivity index is 2.62. The molecule has 0 bridgehead atoms. The molecule has 1 saturated heterocycles. The summed E-state index contributed by atoms with van der Waals surface area (Å²) >= 11 is 0. The van der Waals surface area contributed by atoms with Gasteiger partial charge in [-0.25, -0.2) is 0 Å². The highest BCUT2D eigenvalue weighted by atomic mass is 28.3. The molecule has 0 radical (unpaired) electrons. The van der Waals surface area contributed by atoms with Gasteiger partial charge in [0, 0.05) is 0 Å². The molecule has 0 aromatic rings. The first-order valence-electron chi connectivity index (χ1n) is 5.72. The number of aliphatic hydroxyl groups excluding tert-OH is 1. The largest absolute Gasteiger partial charge is 0.391 e. The molecule has 0 aromatic heterocycles. The summed E-state index contributed by atoms with van der Waals surface area (Å²) in [7, 11) is -1.42. The smallest absolute Gasteiger partial charge is 0.109 e. The van der Waals surface area contributed by atoms with Crippen molar-refractivity contribution >= 4 is 8.07 Å². The molecular formula is C11H24O2Si. The van der Waals surface area contributed by atoms with Gasteiger partial charge in [0.2, 0.25) is 0 Å². The molecule has 2 nitrogen and oxygen atoms in total. The highest BCUT2D eigenvalue weighted by Gasteiger charge is 2.66. The minimum absolute atomic E-state index is 0.151. The van der Waals surface area contributed by atoms with Crippen molar-refractivity contribution in [2.24, 2.45) is 0 Å². The van der Waals surface area contributed by atoms with E-state index in [2.05, 4.69) is 26.6 Å². The molecule has 1 N–H and O–H groups in total. The van der Waals surface area contributed by atoms with Crippen molar-refractivity contribution in [1.29, 1.82) is 0 Å². The molecule has 1 rings (SSSR count). The summed E-state index contributed by atoms with van der Waals surface area (Å²) in [6, 6.07) is 0. The highest BCUT2D eigenvalue weighted by molar-refractivity contribution is 6.80. The van der Waals surface area contributed by atoms with Crippen molar-refractivity contribution in [2.45, 2.75) is 70.2 Å². The number of hydrogen-bond acceptors (Lipinski definition) is 2. The number of hydrogen-bond donors (Lipinski definition) is 1. The normalized spacial score (nSPS) is 34.3. The van der Waals surface area contributed by atoms with E-state index in [-0.39, 0.29) is 11.3 Å². The van der Waals surface area contributed by atoms with Gasteiger partial charge < -0.3 is 9.84 Å². The van der Waals surface area contributed by atoms with Crippen LogP contribution in [0.3, 0.4) is 0 Å². The van der Waals surface area contributed by atoms with Gasteiger partial charge in [0.1, 0.15) is 5.22 Å². The maximum atomic E-state index is 9.86. The topological polar surface area (TPSA) is 32.8 Å². The summed E-state index contributed by atoms with van der Waals surface area (Å²) in [6.45, 7) is 10.9. The maximum absolute atomic E-state index is 9.86. The lowest BCUT2D eigenvalue weighted by Gasteiger charge is -2.29. The van der Waals surface area contributed by atoms with Crippen molar-refractivity contribution in [2.75, 3.05) is 0 Å². The fraction of sp³-hybridized carbons (Fsp3) is 1.00. The van der Waals surface area contributed by atoms with Crippen LogP contribution in [0.1, 0.15) is 33.1 Å². The summed E-state index contributed by atoms with van der Waals surface area (Å²) in [5, 5.41) is 9.71. The Morgan fingerprint density at radius 2 is 2.00 bits per heavy atom. The van der Waals surface area contributed by atoms with Crippen LogP contribution >= 0.6 is 0 Å². The van der Waals surface area contributed by atoms with Crippen LogP contribution in [-0.2, 0) is 4.74 Å². The first kappa shape index (κ1) is 12.2. The van der Waals surface area contributed by atoms with E-state index in [4.69, 9.17) is 4.74 Å². The first-order valence-corrected chi connectivity index (χ1v) is 9.22. The molecule has 84 valence electrons. The molecular weight excluding hydrogens is 192 g/mol. The van der Waals surface area contributed by atoms with Crippen LogP contribution in [0.15, 0.2) is 0 Å². The summed E-state index contributed by atoms with van der Waals surface area (Å²) in [4.78, 5) is 0. The third kappa shape index (κ3) is 1.90. The molecule has 3 atom stereocenters. The molecule has 0 unspecified atom stereocenters. The van der Waals surface area contributed by atoms with Crippen LogP contribution in [0.25, 0.3) is 0 Å². The molecule has 0 spiro atoms. The fourth-order valence-electron chi connectivity index (χ4n) is 2.52. The van der Waals surface area contributed by atoms with Crippen LogP contribution in [0.4, 0.5) is 0 Å². The Morgan fingerprint density at radius 3 is 2.29 bits per heavy atom. The zero-order valence-corrected chi connectivity index (χ0v) is 11.1. The first-order chi connectivity index (χ1) is 6.36. The van der Waals surface area contributed by atoms with Gasteiger partial charge in [-0.1, -0.05) is 39.4 Å². The lowest BCUT2D eigenvalue weighted by Crippen LogP contribution is -2.51. The fourth-order valence-corrected chi connectivity index (χ4v) is 5.38. The lowest BCUT2D eigenvalue weighted by molar-refractivity contribution is 0.127. The quantitative estimate of drug-likeness (QED) is 0.566. The maximum Gasteiger partial charge on any atom is 0.109 e. The number of unbranched alkanes of at least 4 members (excludes halogenated alkanes) is 1. The molecule has 1 aliphatic rings. The van der Waals surface area contributed by atoms with Crippen LogP contribution in [0.2, 0.25) is 19.6 Å². The third-order valence-corrected chi connectivity index (χ3v) is 6.57. The van der Waals surface area contributed by atoms with Crippen molar-refractivity contribution in [3.8, 4) is 0 Å². The number of rotatable bonds is 5. The highest BCUT2D eigenvalue weighted by Crippen LogP contribution is 2.49. The van der Waals surface area contributed by atoms with Crippen LogP contribution in [0.5, 0.6) is 0 Å². The van der Waals surface area contributed by atoms with E-state index >= 15 is 0 Å². The minimum atomic E-state index is -1.42. The summed E-state index contributed by atoms with van der Waals surface area (Å²) in [6.07, 6.45) is 3.56. The third-order valence-electron chi connectivity index (χ3n) is 3.37. The predicted molar refractivity (Wildman–Crippen MR) is 62.2 cm³/mol. The van der Waals surface area contributed by atoms with E-state index in [9.17, 15) is 5.11 Å².